The summed E-state index contributed by atoms with van der Waals surface area (Å²) >= 11 is 0. The Bertz CT molecular complexity index is 591. The van der Waals surface area contributed by atoms with Crippen molar-refractivity contribution in [2.75, 3.05) is 14.1 Å². The van der Waals surface area contributed by atoms with E-state index in [0.717, 1.165) is 5.56 Å². The summed E-state index contributed by atoms with van der Waals surface area (Å²) in [5, 5.41) is 18.2. The minimum absolute atomic E-state index is 0.0351. The first-order chi connectivity index (χ1) is 10.3. The van der Waals surface area contributed by atoms with Crippen molar-refractivity contribution in [3.05, 3.63) is 53.2 Å². The Morgan fingerprint density at radius 1 is 1.23 bits per heavy atom. The zero-order chi connectivity index (χ0) is 16.7. The van der Waals surface area contributed by atoms with Crippen LogP contribution in [0.2, 0.25) is 0 Å². The van der Waals surface area contributed by atoms with Crippen LogP contribution in [0.1, 0.15) is 12.0 Å². The number of aliphatic carboxylic acids is 2. The molecule has 1 aromatic rings. The fraction of sp³-hybridized carbons (Fsp3) is 0.250. The lowest BCUT2D eigenvalue weighted by Crippen LogP contribution is -2.32. The van der Waals surface area contributed by atoms with Crippen LogP contribution < -0.4 is 5.73 Å². The molecule has 22 heavy (non-hydrogen) atoms. The lowest BCUT2D eigenvalue weighted by Gasteiger charge is -2.18. The largest absolute Gasteiger partial charge is 0.480 e. The van der Waals surface area contributed by atoms with E-state index >= 15 is 0 Å². The average molecular weight is 304 g/mol. The van der Waals surface area contributed by atoms with Gasteiger partial charge in [0.1, 0.15) is 6.04 Å². The van der Waals surface area contributed by atoms with Crippen LogP contribution in [0.15, 0.2) is 47.7 Å². The minimum Gasteiger partial charge on any atom is -0.480 e. The third-order valence-electron chi connectivity index (χ3n) is 3.02. The normalized spacial score (nSPS) is 13.6. The molecule has 1 rings (SSSR count). The zero-order valence-electron chi connectivity index (χ0n) is 12.6. The van der Waals surface area contributed by atoms with Crippen LogP contribution in [-0.2, 0) is 9.59 Å². The topological polar surface area (TPSA) is 104 Å². The van der Waals surface area contributed by atoms with E-state index in [1.807, 2.05) is 30.3 Å². The number of nitrogens with zero attached hydrogens (tertiary/aromatic N) is 1. The Labute approximate surface area is 129 Å². The lowest BCUT2D eigenvalue weighted by atomic mass is 10.0. The molecule has 0 aliphatic carbocycles. The van der Waals surface area contributed by atoms with Gasteiger partial charge in [0.05, 0.1) is 5.57 Å². The van der Waals surface area contributed by atoms with Crippen LogP contribution >= 0.6 is 0 Å². The summed E-state index contributed by atoms with van der Waals surface area (Å²) in [7, 11) is 3.39. The molecule has 0 bridgehead atoms. The fourth-order valence-corrected chi connectivity index (χ4v) is 1.87. The molecule has 0 aliphatic rings. The lowest BCUT2D eigenvalue weighted by molar-refractivity contribution is -0.138. The molecule has 4 N–H and O–H groups in total. The SMILES string of the molecule is CN(C)C(C=Cc1ccccc1)=C(C[C@H](N)C(=O)O)C(=O)O. The predicted molar refractivity (Wildman–Crippen MR) is 84.1 cm³/mol. The molecule has 0 aromatic heterocycles. The number of carbonyl (C=O) groups is 2. The maximum absolute atomic E-state index is 11.4. The van der Waals surface area contributed by atoms with Crippen LogP contribution in [0.3, 0.4) is 0 Å². The number of carboxylic acids is 2. The maximum Gasteiger partial charge on any atom is 0.333 e. The van der Waals surface area contributed by atoms with Crippen molar-refractivity contribution in [1.29, 1.82) is 0 Å². The molecule has 0 heterocycles. The van der Waals surface area contributed by atoms with Crippen molar-refractivity contribution in [1.82, 2.24) is 4.90 Å². The van der Waals surface area contributed by atoms with Gasteiger partial charge in [-0.25, -0.2) is 4.79 Å². The Hall–Kier alpha value is -2.60. The van der Waals surface area contributed by atoms with Crippen LogP contribution in [0.5, 0.6) is 0 Å². The van der Waals surface area contributed by atoms with Gasteiger partial charge in [0, 0.05) is 26.2 Å². The number of likely N-dealkylation sites (N-methyl/N-ethyl adjacent to an activating group) is 1. The van der Waals surface area contributed by atoms with E-state index in [2.05, 4.69) is 0 Å². The number of benzene rings is 1. The number of allylic oxidation sites excluding steroid dienone is 1. The molecule has 0 spiro atoms. The number of carboxylic acid groups (broad SMARTS) is 2. The molecule has 0 saturated carbocycles. The van der Waals surface area contributed by atoms with Gasteiger partial charge in [-0.1, -0.05) is 36.4 Å². The van der Waals surface area contributed by atoms with Gasteiger partial charge in [-0.3, -0.25) is 4.79 Å². The highest BCUT2D eigenvalue weighted by Gasteiger charge is 2.21. The molecule has 6 heteroatoms. The third kappa shape index (κ3) is 5.06. The average Bonchev–Trinajstić information content (AvgIpc) is 2.46. The molecular weight excluding hydrogens is 284 g/mol. The molecule has 0 fully saturated rings. The molecule has 0 aliphatic heterocycles. The Kier molecular flexibility index (Phi) is 6.34. The van der Waals surface area contributed by atoms with E-state index < -0.39 is 18.0 Å². The summed E-state index contributed by atoms with van der Waals surface area (Å²) in [6, 6.07) is 8.13. The van der Waals surface area contributed by atoms with Crippen molar-refractivity contribution >= 4 is 18.0 Å². The molecule has 118 valence electrons. The highest BCUT2D eigenvalue weighted by atomic mass is 16.4. The summed E-state index contributed by atoms with van der Waals surface area (Å²) in [4.78, 5) is 23.9. The third-order valence-corrected chi connectivity index (χ3v) is 3.02. The van der Waals surface area contributed by atoms with Gasteiger partial charge in [-0.2, -0.15) is 0 Å². The summed E-state index contributed by atoms with van der Waals surface area (Å²) < 4.78 is 0. The van der Waals surface area contributed by atoms with E-state index in [1.165, 1.54) is 0 Å². The number of hydrogen-bond acceptors (Lipinski definition) is 4. The molecule has 6 nitrogen and oxygen atoms in total. The van der Waals surface area contributed by atoms with Crippen LogP contribution in [0, 0.1) is 0 Å². The van der Waals surface area contributed by atoms with E-state index in [1.54, 1.807) is 31.1 Å². The minimum atomic E-state index is -1.26. The maximum atomic E-state index is 11.4. The second-order valence-electron chi connectivity index (χ2n) is 4.96. The van der Waals surface area contributed by atoms with Gasteiger partial charge >= 0.3 is 11.9 Å². The first-order valence-electron chi connectivity index (χ1n) is 6.68. The smallest absolute Gasteiger partial charge is 0.333 e. The van der Waals surface area contributed by atoms with Crippen LogP contribution in [-0.4, -0.2) is 47.2 Å². The van der Waals surface area contributed by atoms with Gasteiger partial charge in [-0.05, 0) is 11.6 Å². The predicted octanol–water partition coefficient (Wildman–Crippen LogP) is 1.40. The van der Waals surface area contributed by atoms with E-state index in [0.29, 0.717) is 5.70 Å². The van der Waals surface area contributed by atoms with Crippen molar-refractivity contribution in [3.8, 4) is 0 Å². The quantitative estimate of drug-likeness (QED) is 0.519. The molecular formula is C16H20N2O4. The van der Waals surface area contributed by atoms with Crippen LogP contribution in [0.25, 0.3) is 6.08 Å². The van der Waals surface area contributed by atoms with E-state index in [4.69, 9.17) is 10.8 Å². The number of hydrogen-bond donors (Lipinski definition) is 3. The first-order valence-corrected chi connectivity index (χ1v) is 6.68. The van der Waals surface area contributed by atoms with E-state index in [-0.39, 0.29) is 12.0 Å². The second kappa shape index (κ2) is 7.99. The summed E-state index contributed by atoms with van der Waals surface area (Å²) in [6.45, 7) is 0. The highest BCUT2D eigenvalue weighted by molar-refractivity contribution is 5.89. The molecule has 0 radical (unpaired) electrons. The Morgan fingerprint density at radius 3 is 2.27 bits per heavy atom. The number of nitrogens with two attached hydrogens (primary N) is 1. The Balaban J connectivity index is 3.18. The summed E-state index contributed by atoms with van der Waals surface area (Å²) in [6.07, 6.45) is 3.16. The van der Waals surface area contributed by atoms with Crippen LogP contribution in [0.4, 0.5) is 0 Å². The van der Waals surface area contributed by atoms with Crippen molar-refractivity contribution in [2.45, 2.75) is 12.5 Å². The van der Waals surface area contributed by atoms with Gasteiger partial charge in [-0.15, -0.1) is 0 Å². The summed E-state index contributed by atoms with van der Waals surface area (Å²) in [5.41, 5.74) is 6.75. The zero-order valence-corrected chi connectivity index (χ0v) is 12.6. The van der Waals surface area contributed by atoms with E-state index in [9.17, 15) is 14.7 Å². The molecule has 1 aromatic carbocycles. The van der Waals surface area contributed by atoms with Crippen molar-refractivity contribution < 1.29 is 19.8 Å². The molecule has 0 saturated heterocycles. The Morgan fingerprint density at radius 2 is 1.82 bits per heavy atom. The molecule has 1 atom stereocenters. The highest BCUT2D eigenvalue weighted by Crippen LogP contribution is 2.17. The first kappa shape index (κ1) is 17.5. The van der Waals surface area contributed by atoms with Crippen molar-refractivity contribution in [2.24, 2.45) is 5.73 Å². The monoisotopic (exact) mass is 304 g/mol. The standard InChI is InChI=1S/C16H20N2O4/c1-18(2)14(9-8-11-6-4-3-5-7-11)12(15(19)20)10-13(17)16(21)22/h3-9,13H,10,17H2,1-2H3,(H,19,20)(H,21,22)/t13-/m0/s1. The van der Waals surface area contributed by atoms with Crippen molar-refractivity contribution in [3.63, 3.8) is 0 Å². The van der Waals surface area contributed by atoms with Gasteiger partial charge in [0.15, 0.2) is 0 Å². The van der Waals surface area contributed by atoms with Gasteiger partial charge in [0.25, 0.3) is 0 Å². The second-order valence-corrected chi connectivity index (χ2v) is 4.96. The summed E-state index contributed by atoms with van der Waals surface area (Å²) in [5.74, 6) is -2.41. The van der Waals surface area contributed by atoms with Gasteiger partial charge < -0.3 is 20.8 Å². The molecule has 0 amide bonds. The number of rotatable bonds is 7. The molecule has 0 unspecified atom stereocenters. The van der Waals surface area contributed by atoms with Gasteiger partial charge in [0.2, 0.25) is 0 Å². The fourth-order valence-electron chi connectivity index (χ4n) is 1.87.